The first-order valence-corrected chi connectivity index (χ1v) is 7.01. The molecule has 3 heterocycles. The Bertz CT molecular complexity index is 1010. The van der Waals surface area contributed by atoms with Crippen molar-refractivity contribution in [1.29, 1.82) is 0 Å². The zero-order chi connectivity index (χ0) is 16.6. The third kappa shape index (κ3) is 2.74. The van der Waals surface area contributed by atoms with Gasteiger partial charge in [0.05, 0.1) is 10.3 Å². The summed E-state index contributed by atoms with van der Waals surface area (Å²) >= 11 is 0.943. The number of aromatic nitrogens is 2. The molecule has 3 aromatic heterocycles. The summed E-state index contributed by atoms with van der Waals surface area (Å²) in [4.78, 5) is 39.4. The molecule has 0 aliphatic heterocycles. The Morgan fingerprint density at radius 1 is 1.43 bits per heavy atom. The molecular weight excluding hydrogens is 326 g/mol. The van der Waals surface area contributed by atoms with E-state index in [0.717, 1.165) is 11.3 Å². The van der Waals surface area contributed by atoms with Gasteiger partial charge < -0.3 is 14.5 Å². The minimum atomic E-state index is -1.20. The molecule has 0 atom stereocenters. The van der Waals surface area contributed by atoms with E-state index in [4.69, 9.17) is 9.52 Å². The van der Waals surface area contributed by atoms with Gasteiger partial charge in [-0.3, -0.25) is 14.9 Å². The predicted molar refractivity (Wildman–Crippen MR) is 81.5 cm³/mol. The lowest BCUT2D eigenvalue weighted by molar-refractivity contribution is -0.382. The van der Waals surface area contributed by atoms with Crippen LogP contribution >= 0.6 is 11.3 Å². The van der Waals surface area contributed by atoms with Crippen molar-refractivity contribution in [3.8, 4) is 0 Å². The lowest BCUT2D eigenvalue weighted by Gasteiger charge is -1.94. The molecule has 116 valence electrons. The summed E-state index contributed by atoms with van der Waals surface area (Å²) < 4.78 is 5.19. The highest BCUT2D eigenvalue weighted by Gasteiger charge is 2.18. The molecule has 3 rings (SSSR count). The monoisotopic (exact) mass is 333 g/mol. The van der Waals surface area contributed by atoms with E-state index >= 15 is 0 Å². The van der Waals surface area contributed by atoms with Crippen LogP contribution < -0.4 is 5.56 Å². The fraction of sp³-hybridized carbons (Fsp3) is 0. The van der Waals surface area contributed by atoms with Gasteiger partial charge in [-0.15, -0.1) is 11.3 Å². The van der Waals surface area contributed by atoms with Crippen LogP contribution in [0.4, 0.5) is 5.69 Å². The van der Waals surface area contributed by atoms with Crippen LogP contribution in [0.15, 0.2) is 26.7 Å². The molecule has 0 spiro atoms. The molecule has 0 aromatic carbocycles. The van der Waals surface area contributed by atoms with Crippen LogP contribution in [-0.4, -0.2) is 26.0 Å². The highest BCUT2D eigenvalue weighted by atomic mass is 32.1. The third-order valence-corrected chi connectivity index (χ3v) is 3.82. The van der Waals surface area contributed by atoms with Gasteiger partial charge in [-0.2, -0.15) is 0 Å². The SMILES string of the molecule is O=C(O)c1ccc(/C=C/c2nc3c([N+](=O)[O-])csc3c(=O)[nH]2)o1. The van der Waals surface area contributed by atoms with Gasteiger partial charge in [-0.05, 0) is 24.3 Å². The number of hydrogen-bond donors (Lipinski definition) is 2. The first kappa shape index (κ1) is 14.7. The van der Waals surface area contributed by atoms with E-state index in [0.29, 0.717) is 0 Å². The van der Waals surface area contributed by atoms with Crippen LogP contribution in [0, 0.1) is 10.1 Å². The van der Waals surface area contributed by atoms with E-state index in [2.05, 4.69) is 9.97 Å². The van der Waals surface area contributed by atoms with Crippen molar-refractivity contribution >= 4 is 45.4 Å². The number of nitrogens with zero attached hydrogens (tertiary/aromatic N) is 2. The zero-order valence-electron chi connectivity index (χ0n) is 11.2. The molecule has 0 unspecified atom stereocenters. The molecule has 0 aliphatic carbocycles. The minimum absolute atomic E-state index is 0.00840. The van der Waals surface area contributed by atoms with Crippen LogP contribution in [0.25, 0.3) is 22.4 Å². The number of hydrogen-bond acceptors (Lipinski definition) is 7. The maximum absolute atomic E-state index is 11.9. The molecular formula is C13H7N3O6S. The van der Waals surface area contributed by atoms with Crippen molar-refractivity contribution in [2.24, 2.45) is 0 Å². The number of nitro groups is 1. The van der Waals surface area contributed by atoms with Gasteiger partial charge in [0.15, 0.2) is 5.52 Å². The summed E-state index contributed by atoms with van der Waals surface area (Å²) in [6, 6.07) is 2.72. The van der Waals surface area contributed by atoms with E-state index in [1.807, 2.05) is 0 Å². The molecule has 0 bridgehead atoms. The van der Waals surface area contributed by atoms with Crippen LogP contribution in [0.5, 0.6) is 0 Å². The topological polar surface area (TPSA) is 139 Å². The molecule has 0 saturated heterocycles. The molecule has 9 nitrogen and oxygen atoms in total. The Morgan fingerprint density at radius 3 is 2.87 bits per heavy atom. The first-order valence-electron chi connectivity index (χ1n) is 6.13. The summed E-state index contributed by atoms with van der Waals surface area (Å²) in [7, 11) is 0. The number of carboxylic acids is 1. The Morgan fingerprint density at radius 2 is 2.22 bits per heavy atom. The molecule has 0 saturated carbocycles. The molecule has 10 heteroatoms. The molecule has 0 fully saturated rings. The van der Waals surface area contributed by atoms with Crippen molar-refractivity contribution < 1.29 is 19.2 Å². The Hall–Kier alpha value is -3.27. The number of nitrogens with one attached hydrogen (secondary N) is 1. The van der Waals surface area contributed by atoms with Crippen molar-refractivity contribution in [1.82, 2.24) is 9.97 Å². The number of carbonyl (C=O) groups is 1. The molecule has 2 N–H and O–H groups in total. The second kappa shape index (κ2) is 5.50. The number of thiophene rings is 1. The molecule has 3 aromatic rings. The Labute approximate surface area is 130 Å². The van der Waals surface area contributed by atoms with Crippen molar-refractivity contribution in [3.63, 3.8) is 0 Å². The lowest BCUT2D eigenvalue weighted by Crippen LogP contribution is -2.08. The predicted octanol–water partition coefficient (Wildman–Crippen LogP) is 2.35. The third-order valence-electron chi connectivity index (χ3n) is 2.87. The summed E-state index contributed by atoms with van der Waals surface area (Å²) in [6.45, 7) is 0. The fourth-order valence-corrected chi connectivity index (χ4v) is 2.71. The number of aromatic amines is 1. The number of rotatable bonds is 4. The van der Waals surface area contributed by atoms with E-state index in [9.17, 15) is 19.7 Å². The minimum Gasteiger partial charge on any atom is -0.475 e. The zero-order valence-corrected chi connectivity index (χ0v) is 12.0. The van der Waals surface area contributed by atoms with Crippen molar-refractivity contribution in [2.75, 3.05) is 0 Å². The second-order valence-corrected chi connectivity index (χ2v) is 5.23. The molecule has 0 aliphatic rings. The summed E-state index contributed by atoms with van der Waals surface area (Å²) in [5.41, 5.74) is -0.718. The number of aromatic carboxylic acids is 1. The standard InChI is InChI=1S/C13H7N3O6S/c17-12-11-10(7(5-23-11)16(20)21)14-9(15-12)4-2-6-1-3-8(22-6)13(18)19/h1-5H,(H,18,19)(H,14,15,17)/b4-2+. The summed E-state index contributed by atoms with van der Waals surface area (Å²) in [5.74, 6) is -1.09. The van der Waals surface area contributed by atoms with Gasteiger partial charge in [0.25, 0.3) is 5.56 Å². The summed E-state index contributed by atoms with van der Waals surface area (Å²) in [6.07, 6.45) is 2.77. The largest absolute Gasteiger partial charge is 0.475 e. The average Bonchev–Trinajstić information content (AvgIpc) is 3.12. The number of fused-ring (bicyclic) bond motifs is 1. The van der Waals surface area contributed by atoms with Crippen LogP contribution in [0.2, 0.25) is 0 Å². The van der Waals surface area contributed by atoms with Gasteiger partial charge in [0.1, 0.15) is 16.3 Å². The maximum Gasteiger partial charge on any atom is 0.371 e. The lowest BCUT2D eigenvalue weighted by atomic mass is 10.3. The van der Waals surface area contributed by atoms with E-state index in [1.54, 1.807) is 0 Å². The van der Waals surface area contributed by atoms with Gasteiger partial charge in [0.2, 0.25) is 5.76 Å². The van der Waals surface area contributed by atoms with Gasteiger partial charge in [0, 0.05) is 0 Å². The van der Waals surface area contributed by atoms with Crippen LogP contribution in [-0.2, 0) is 0 Å². The number of furan rings is 1. The highest BCUT2D eigenvalue weighted by Crippen LogP contribution is 2.27. The van der Waals surface area contributed by atoms with Crippen LogP contribution in [0.1, 0.15) is 22.1 Å². The normalized spacial score (nSPS) is 11.3. The Kier molecular flexibility index (Phi) is 3.50. The van der Waals surface area contributed by atoms with Crippen molar-refractivity contribution in [2.45, 2.75) is 0 Å². The second-order valence-electron chi connectivity index (χ2n) is 4.35. The molecule has 0 amide bonds. The highest BCUT2D eigenvalue weighted by molar-refractivity contribution is 7.17. The first-order chi connectivity index (χ1) is 11.0. The van der Waals surface area contributed by atoms with E-state index in [-0.39, 0.29) is 33.2 Å². The smallest absolute Gasteiger partial charge is 0.371 e. The number of H-pyrrole nitrogens is 1. The molecule has 0 radical (unpaired) electrons. The maximum atomic E-state index is 11.9. The average molecular weight is 333 g/mol. The van der Waals surface area contributed by atoms with Crippen LogP contribution in [0.3, 0.4) is 0 Å². The van der Waals surface area contributed by atoms with Crippen molar-refractivity contribution in [3.05, 3.63) is 55.3 Å². The Balaban J connectivity index is 2.00. The molecule has 23 heavy (non-hydrogen) atoms. The fourth-order valence-electron chi connectivity index (χ4n) is 1.86. The van der Waals surface area contributed by atoms with E-state index in [1.165, 1.54) is 29.7 Å². The quantitative estimate of drug-likeness (QED) is 0.551. The van der Waals surface area contributed by atoms with Gasteiger partial charge in [-0.1, -0.05) is 0 Å². The van der Waals surface area contributed by atoms with E-state index < -0.39 is 16.5 Å². The number of carboxylic acid groups (broad SMARTS) is 1. The summed E-state index contributed by atoms with van der Waals surface area (Å²) in [5, 5.41) is 20.9. The van der Waals surface area contributed by atoms with Gasteiger partial charge in [-0.25, -0.2) is 9.78 Å². The van der Waals surface area contributed by atoms with Gasteiger partial charge >= 0.3 is 11.7 Å².